The number of hydrogen-bond donors (Lipinski definition) is 3. The van der Waals surface area contributed by atoms with Gasteiger partial charge in [-0.1, -0.05) is 6.07 Å². The number of imidazole rings is 1. The highest BCUT2D eigenvalue weighted by Crippen LogP contribution is 2.35. The number of nitriles is 1. The smallest absolute Gasteiger partial charge is 0.387 e. The normalized spacial score (nSPS) is 11.2. The maximum Gasteiger partial charge on any atom is 0.387 e. The van der Waals surface area contributed by atoms with Crippen molar-refractivity contribution in [3.8, 4) is 28.9 Å². The number of halogens is 2. The number of fused-ring (bicyclic) bond motifs is 1. The number of alkyl halides is 2. The minimum atomic E-state index is -3.07. The number of rotatable bonds is 8. The number of pyridine rings is 1. The van der Waals surface area contributed by atoms with E-state index in [4.69, 9.17) is 9.72 Å². The Labute approximate surface area is 214 Å². The van der Waals surface area contributed by atoms with E-state index in [0.29, 0.717) is 57.3 Å². The van der Waals surface area contributed by atoms with Gasteiger partial charge in [0.1, 0.15) is 18.2 Å². The quantitative estimate of drug-likeness (QED) is 0.278. The number of aryl methyl sites for hydroxylation is 2. The molecular weight excluding hydrogens is 496 g/mol. The number of aromatic nitrogens is 7. The molecule has 4 heterocycles. The lowest BCUT2D eigenvalue weighted by atomic mass is 10.0. The highest BCUT2D eigenvalue weighted by Gasteiger charge is 2.20. The van der Waals surface area contributed by atoms with Gasteiger partial charge in [-0.3, -0.25) is 9.67 Å². The van der Waals surface area contributed by atoms with Gasteiger partial charge in [0.15, 0.2) is 17.3 Å². The molecule has 0 unspecified atom stereocenters. The van der Waals surface area contributed by atoms with Crippen molar-refractivity contribution in [3.05, 3.63) is 65.4 Å². The number of hydrogen-bond acceptors (Lipinski definition) is 9. The molecule has 0 radical (unpaired) electrons. The largest absolute Gasteiger partial charge is 0.433 e. The molecule has 0 fully saturated rings. The lowest BCUT2D eigenvalue weighted by Gasteiger charge is -2.14. The van der Waals surface area contributed by atoms with E-state index < -0.39 is 6.61 Å². The molecule has 0 aliphatic carbocycles. The number of anilines is 2. The van der Waals surface area contributed by atoms with Gasteiger partial charge in [0.2, 0.25) is 0 Å². The predicted octanol–water partition coefficient (Wildman–Crippen LogP) is 3.97. The van der Waals surface area contributed by atoms with Gasteiger partial charge in [0, 0.05) is 18.4 Å². The van der Waals surface area contributed by atoms with Crippen LogP contribution in [-0.2, 0) is 6.42 Å². The van der Waals surface area contributed by atoms with Crippen LogP contribution in [0.4, 0.5) is 20.3 Å². The Morgan fingerprint density at radius 2 is 2.03 bits per heavy atom. The summed E-state index contributed by atoms with van der Waals surface area (Å²) in [5.41, 5.74) is 4.41. The molecule has 0 saturated heterocycles. The number of nitrogens with one attached hydrogen (secondary N) is 2. The molecule has 1 aromatic carbocycles. The van der Waals surface area contributed by atoms with Gasteiger partial charge >= 0.3 is 6.61 Å². The van der Waals surface area contributed by atoms with Crippen LogP contribution in [0.1, 0.15) is 22.6 Å². The van der Waals surface area contributed by atoms with Crippen LogP contribution in [0.25, 0.3) is 28.1 Å². The minimum Gasteiger partial charge on any atom is -0.433 e. The van der Waals surface area contributed by atoms with Crippen LogP contribution in [0.15, 0.2) is 42.7 Å². The SMILES string of the molecule is Cc1ccc(Nc2cc3ncn(-c4ccc(CCO)c(-c5c(C#N)n[nH]c5C)n4)c3cc2OC(F)F)nn1. The van der Waals surface area contributed by atoms with Crippen molar-refractivity contribution in [1.82, 2.24) is 34.9 Å². The van der Waals surface area contributed by atoms with Gasteiger partial charge < -0.3 is 15.2 Å². The van der Waals surface area contributed by atoms with Crippen molar-refractivity contribution in [2.45, 2.75) is 26.9 Å². The zero-order valence-electron chi connectivity index (χ0n) is 20.3. The van der Waals surface area contributed by atoms with Gasteiger partial charge in [-0.15, -0.1) is 5.10 Å². The second-order valence-electron chi connectivity index (χ2n) is 8.35. The Hall–Kier alpha value is -4.96. The van der Waals surface area contributed by atoms with Crippen LogP contribution < -0.4 is 10.1 Å². The van der Waals surface area contributed by atoms with Crippen molar-refractivity contribution in [2.75, 3.05) is 11.9 Å². The van der Waals surface area contributed by atoms with Crippen LogP contribution in [-0.4, -0.2) is 53.3 Å². The third-order valence-electron chi connectivity index (χ3n) is 5.81. The number of aliphatic hydroxyl groups is 1. The molecule has 0 aliphatic heterocycles. The third-order valence-corrected chi connectivity index (χ3v) is 5.81. The van der Waals surface area contributed by atoms with E-state index in [1.54, 1.807) is 48.7 Å². The summed E-state index contributed by atoms with van der Waals surface area (Å²) in [6.07, 6.45) is 1.82. The van der Waals surface area contributed by atoms with E-state index in [9.17, 15) is 19.1 Å². The lowest BCUT2D eigenvalue weighted by molar-refractivity contribution is -0.0492. The fraction of sp³-hybridized carbons (Fsp3) is 0.200. The van der Waals surface area contributed by atoms with E-state index in [0.717, 1.165) is 0 Å². The molecule has 5 rings (SSSR count). The predicted molar refractivity (Wildman–Crippen MR) is 133 cm³/mol. The average Bonchev–Trinajstić information content (AvgIpc) is 3.48. The fourth-order valence-electron chi connectivity index (χ4n) is 4.06. The summed E-state index contributed by atoms with van der Waals surface area (Å²) in [6.45, 7) is 0.375. The van der Waals surface area contributed by atoms with Crippen molar-refractivity contribution >= 4 is 22.5 Å². The summed E-state index contributed by atoms with van der Waals surface area (Å²) < 4.78 is 33.0. The molecule has 0 spiro atoms. The molecule has 13 heteroatoms. The van der Waals surface area contributed by atoms with Crippen LogP contribution in [0.5, 0.6) is 5.75 Å². The maximum absolute atomic E-state index is 13.3. The molecule has 4 aromatic heterocycles. The average molecular weight is 518 g/mol. The Kier molecular flexibility index (Phi) is 6.63. The Balaban J connectivity index is 1.63. The number of benzene rings is 1. The van der Waals surface area contributed by atoms with E-state index in [1.807, 2.05) is 0 Å². The molecule has 5 aromatic rings. The van der Waals surface area contributed by atoms with Crippen molar-refractivity contribution in [2.24, 2.45) is 0 Å². The number of aromatic amines is 1. The first-order valence-corrected chi connectivity index (χ1v) is 11.5. The van der Waals surface area contributed by atoms with Gasteiger partial charge in [0.05, 0.1) is 33.7 Å². The first-order chi connectivity index (χ1) is 18.4. The summed E-state index contributed by atoms with van der Waals surface area (Å²) in [5.74, 6) is 0.649. The summed E-state index contributed by atoms with van der Waals surface area (Å²) in [7, 11) is 0. The molecule has 192 valence electrons. The van der Waals surface area contributed by atoms with E-state index >= 15 is 0 Å². The molecule has 0 amide bonds. The molecule has 0 bridgehead atoms. The van der Waals surface area contributed by atoms with Crippen LogP contribution in [0.3, 0.4) is 0 Å². The number of H-pyrrole nitrogens is 1. The zero-order valence-corrected chi connectivity index (χ0v) is 20.3. The third kappa shape index (κ3) is 4.72. The first kappa shape index (κ1) is 24.7. The number of aliphatic hydroxyl groups excluding tert-OH is 1. The fourth-order valence-corrected chi connectivity index (χ4v) is 4.06. The van der Waals surface area contributed by atoms with Gasteiger partial charge in [-0.2, -0.15) is 24.2 Å². The van der Waals surface area contributed by atoms with E-state index in [-0.39, 0.29) is 23.7 Å². The summed E-state index contributed by atoms with van der Waals surface area (Å²) >= 11 is 0. The van der Waals surface area contributed by atoms with Crippen LogP contribution >= 0.6 is 0 Å². The van der Waals surface area contributed by atoms with Crippen molar-refractivity contribution < 1.29 is 18.6 Å². The lowest BCUT2D eigenvalue weighted by Crippen LogP contribution is -2.06. The summed E-state index contributed by atoms with van der Waals surface area (Å²) in [4.78, 5) is 9.19. The first-order valence-electron chi connectivity index (χ1n) is 11.5. The van der Waals surface area contributed by atoms with Gasteiger partial charge in [-0.05, 0) is 50.1 Å². The molecule has 11 nitrogen and oxygen atoms in total. The maximum atomic E-state index is 13.3. The standard InChI is InChI=1S/C25H21F2N9O2/c1-13-3-5-21(35-32-13)30-17-9-16-19(10-20(17)38-25(26)27)36(12-29-16)22-6-4-15(7-8-37)24(31-22)23-14(2)33-34-18(23)11-28/h3-6,9-10,12,25,37H,7-8H2,1-2H3,(H,30,35)(H,33,34). The molecule has 0 atom stereocenters. The second-order valence-corrected chi connectivity index (χ2v) is 8.35. The summed E-state index contributed by atoms with van der Waals surface area (Å²) in [5, 5.41) is 36.9. The minimum absolute atomic E-state index is 0.115. The molecule has 0 saturated carbocycles. The van der Waals surface area contributed by atoms with Gasteiger partial charge in [-0.25, -0.2) is 9.97 Å². The molecular formula is C25H21F2N9O2. The van der Waals surface area contributed by atoms with Crippen molar-refractivity contribution in [3.63, 3.8) is 0 Å². The second kappa shape index (κ2) is 10.2. The Morgan fingerprint density at radius 1 is 1.18 bits per heavy atom. The molecule has 3 N–H and O–H groups in total. The zero-order chi connectivity index (χ0) is 26.8. The number of ether oxygens (including phenoxy) is 1. The number of nitrogens with zero attached hydrogens (tertiary/aromatic N) is 7. The Bertz CT molecular complexity index is 1660. The van der Waals surface area contributed by atoms with Crippen molar-refractivity contribution in [1.29, 1.82) is 5.26 Å². The summed E-state index contributed by atoms with van der Waals surface area (Å²) in [6, 6.07) is 12.0. The van der Waals surface area contributed by atoms with E-state index in [1.165, 1.54) is 12.4 Å². The van der Waals surface area contributed by atoms with Gasteiger partial charge in [0.25, 0.3) is 0 Å². The molecule has 38 heavy (non-hydrogen) atoms. The highest BCUT2D eigenvalue weighted by atomic mass is 19.3. The van der Waals surface area contributed by atoms with Crippen LogP contribution in [0, 0.1) is 25.2 Å². The van der Waals surface area contributed by atoms with E-state index in [2.05, 4.69) is 36.8 Å². The highest BCUT2D eigenvalue weighted by molar-refractivity contribution is 5.86. The topological polar surface area (TPSA) is 150 Å². The Morgan fingerprint density at radius 3 is 2.74 bits per heavy atom. The monoisotopic (exact) mass is 517 g/mol. The molecule has 0 aliphatic rings. The van der Waals surface area contributed by atoms with Crippen LogP contribution in [0.2, 0.25) is 0 Å².